The summed E-state index contributed by atoms with van der Waals surface area (Å²) in [6.07, 6.45) is 0.112. The van der Waals surface area contributed by atoms with E-state index in [9.17, 15) is 5.26 Å². The van der Waals surface area contributed by atoms with E-state index in [1.807, 2.05) is 140 Å². The molecule has 0 aromatic heterocycles. The minimum atomic E-state index is -3.46. The molecule has 0 heterocycles. The molecule has 38 heavy (non-hydrogen) atoms. The first-order valence-corrected chi connectivity index (χ1v) is 16.1. The predicted octanol–water partition coefficient (Wildman–Crippen LogP) is 6.63. The molecular weight excluding hydrogens is 504 g/mol. The van der Waals surface area contributed by atoms with Crippen LogP contribution in [0.3, 0.4) is 0 Å². The van der Waals surface area contributed by atoms with Gasteiger partial charge in [-0.1, -0.05) is 140 Å². The van der Waals surface area contributed by atoms with Gasteiger partial charge in [0.25, 0.3) is 0 Å². The topological polar surface area (TPSA) is 57.9 Å². The van der Waals surface area contributed by atoms with Gasteiger partial charge >= 0.3 is 0 Å². The van der Waals surface area contributed by atoms with Gasteiger partial charge in [-0.25, -0.2) is 0 Å². The maximum absolute atomic E-state index is 15.7. The monoisotopic (exact) mass is 531 g/mol. The minimum absolute atomic E-state index is 0.112. The fraction of sp³-hybridized carbons (Fsp3) is 0.0606. The van der Waals surface area contributed by atoms with E-state index in [4.69, 9.17) is 0 Å². The fourth-order valence-corrected chi connectivity index (χ4v) is 12.2. The molecule has 5 aromatic rings. The van der Waals surface area contributed by atoms with Gasteiger partial charge in [-0.15, -0.1) is 0 Å². The number of benzene rings is 5. The average molecular weight is 532 g/mol. The lowest BCUT2D eigenvalue weighted by atomic mass is 10.1. The summed E-state index contributed by atoms with van der Waals surface area (Å²) in [5.74, 6) is 0. The quantitative estimate of drug-likeness (QED) is 0.211. The van der Waals surface area contributed by atoms with E-state index in [2.05, 4.69) is 6.07 Å². The third-order valence-corrected chi connectivity index (χ3v) is 13.8. The number of nitrogens with zero attached hydrogens (tertiary/aromatic N) is 1. The first-order chi connectivity index (χ1) is 18.6. The van der Waals surface area contributed by atoms with Crippen LogP contribution in [-0.2, 0) is 9.13 Å². The summed E-state index contributed by atoms with van der Waals surface area (Å²) < 4.78 is 31.0. The van der Waals surface area contributed by atoms with Crippen LogP contribution in [0.1, 0.15) is 16.8 Å². The zero-order chi connectivity index (χ0) is 26.4. The molecule has 0 aliphatic carbocycles. The van der Waals surface area contributed by atoms with Gasteiger partial charge in [-0.2, -0.15) is 5.26 Å². The summed E-state index contributed by atoms with van der Waals surface area (Å²) in [6.45, 7) is 0. The summed E-state index contributed by atoms with van der Waals surface area (Å²) in [7, 11) is -6.75. The number of hydrogen-bond acceptors (Lipinski definition) is 3. The first kappa shape index (κ1) is 25.7. The summed E-state index contributed by atoms with van der Waals surface area (Å²) in [6, 6.07) is 47.3. The SMILES string of the molecule is N#Cc1ccccc1C(CP(=O)(c1ccccc1)c1ccccc1)P(=O)(c1ccccc1)c1ccccc1. The molecule has 1 unspecified atom stereocenters. The van der Waals surface area contributed by atoms with Crippen LogP contribution in [0.5, 0.6) is 0 Å². The Morgan fingerprint density at radius 3 is 1.32 bits per heavy atom. The van der Waals surface area contributed by atoms with Crippen LogP contribution in [-0.4, -0.2) is 6.16 Å². The minimum Gasteiger partial charge on any atom is -0.314 e. The van der Waals surface area contributed by atoms with Crippen molar-refractivity contribution in [1.29, 1.82) is 5.26 Å². The van der Waals surface area contributed by atoms with Gasteiger partial charge in [-0.3, -0.25) is 0 Å². The normalized spacial score (nSPS) is 12.4. The molecule has 0 spiro atoms. The summed E-state index contributed by atoms with van der Waals surface area (Å²) in [5, 5.41) is 12.9. The first-order valence-electron chi connectivity index (χ1n) is 12.5. The highest BCUT2D eigenvalue weighted by molar-refractivity contribution is 7.82. The van der Waals surface area contributed by atoms with Gasteiger partial charge < -0.3 is 9.13 Å². The van der Waals surface area contributed by atoms with Crippen LogP contribution in [0.4, 0.5) is 0 Å². The zero-order valence-electron chi connectivity index (χ0n) is 20.8. The Kier molecular flexibility index (Phi) is 7.57. The zero-order valence-corrected chi connectivity index (χ0v) is 22.6. The van der Waals surface area contributed by atoms with Gasteiger partial charge in [0.2, 0.25) is 0 Å². The summed E-state index contributed by atoms with van der Waals surface area (Å²) >= 11 is 0. The Labute approximate surface area is 224 Å². The second kappa shape index (κ2) is 11.2. The average Bonchev–Trinajstić information content (AvgIpc) is 3.01. The highest BCUT2D eigenvalue weighted by Gasteiger charge is 2.44. The molecule has 0 saturated heterocycles. The Bertz CT molecular complexity index is 1560. The molecule has 0 aliphatic heterocycles. The van der Waals surface area contributed by atoms with Crippen molar-refractivity contribution in [3.8, 4) is 6.07 Å². The standard InChI is InChI=1S/C33H27NO2P2/c34-25-27-15-13-14-24-32(27)33(38(36,30-20-9-3-10-21-30)31-22-11-4-12-23-31)26-37(35,28-16-5-1-6-17-28)29-18-7-2-8-19-29/h1-24,33H,26H2. The third-order valence-electron chi connectivity index (χ3n) is 6.94. The molecule has 1 atom stereocenters. The van der Waals surface area contributed by atoms with E-state index in [0.29, 0.717) is 32.3 Å². The van der Waals surface area contributed by atoms with Crippen LogP contribution in [0.25, 0.3) is 0 Å². The molecule has 3 nitrogen and oxygen atoms in total. The van der Waals surface area contributed by atoms with Crippen LogP contribution >= 0.6 is 14.3 Å². The van der Waals surface area contributed by atoms with Gasteiger partial charge in [0.15, 0.2) is 7.14 Å². The maximum atomic E-state index is 15.7. The van der Waals surface area contributed by atoms with Gasteiger partial charge in [-0.05, 0) is 11.6 Å². The van der Waals surface area contributed by atoms with E-state index >= 15 is 9.13 Å². The Balaban J connectivity index is 1.83. The van der Waals surface area contributed by atoms with Crippen LogP contribution in [0.15, 0.2) is 146 Å². The second-order valence-corrected chi connectivity index (χ2v) is 15.0. The molecule has 0 radical (unpaired) electrons. The summed E-state index contributed by atoms with van der Waals surface area (Å²) in [4.78, 5) is 0. The lowest BCUT2D eigenvalue weighted by molar-refractivity contribution is 0.574. The molecule has 0 amide bonds. The lowest BCUT2D eigenvalue weighted by Crippen LogP contribution is -2.28. The Morgan fingerprint density at radius 2 is 0.895 bits per heavy atom. The molecule has 5 heteroatoms. The molecule has 5 rings (SSSR count). The smallest absolute Gasteiger partial charge is 0.150 e. The fourth-order valence-electron chi connectivity index (χ4n) is 5.05. The van der Waals surface area contributed by atoms with Crippen molar-refractivity contribution in [2.45, 2.75) is 5.66 Å². The molecule has 0 aliphatic rings. The van der Waals surface area contributed by atoms with E-state index in [1.54, 1.807) is 6.07 Å². The molecule has 186 valence electrons. The molecule has 5 aromatic carbocycles. The van der Waals surface area contributed by atoms with Crippen molar-refractivity contribution >= 4 is 35.5 Å². The van der Waals surface area contributed by atoms with E-state index in [0.717, 1.165) is 0 Å². The van der Waals surface area contributed by atoms with Crippen molar-refractivity contribution in [3.05, 3.63) is 157 Å². The highest BCUT2D eigenvalue weighted by atomic mass is 31.2. The van der Waals surface area contributed by atoms with Crippen molar-refractivity contribution in [2.75, 3.05) is 6.16 Å². The molecule has 0 saturated carbocycles. The van der Waals surface area contributed by atoms with E-state index < -0.39 is 19.9 Å². The number of hydrogen-bond donors (Lipinski definition) is 0. The van der Waals surface area contributed by atoms with Crippen LogP contribution < -0.4 is 21.2 Å². The van der Waals surface area contributed by atoms with Crippen molar-refractivity contribution in [3.63, 3.8) is 0 Å². The third kappa shape index (κ3) is 4.82. The summed E-state index contributed by atoms with van der Waals surface area (Å²) in [5.41, 5.74) is 0.393. The molecule has 0 fully saturated rings. The predicted molar refractivity (Wildman–Crippen MR) is 158 cm³/mol. The van der Waals surface area contributed by atoms with Gasteiger partial charge in [0.1, 0.15) is 7.14 Å². The number of rotatable bonds is 8. The van der Waals surface area contributed by atoms with Gasteiger partial charge in [0.05, 0.1) is 17.3 Å². The van der Waals surface area contributed by atoms with Crippen molar-refractivity contribution in [2.24, 2.45) is 0 Å². The largest absolute Gasteiger partial charge is 0.314 e. The number of nitriles is 1. The lowest BCUT2D eigenvalue weighted by Gasteiger charge is -2.33. The molecule has 0 N–H and O–H groups in total. The van der Waals surface area contributed by atoms with Crippen molar-refractivity contribution in [1.82, 2.24) is 0 Å². The second-order valence-electron chi connectivity index (χ2n) is 9.14. The van der Waals surface area contributed by atoms with E-state index in [-0.39, 0.29) is 6.16 Å². The maximum Gasteiger partial charge on any atom is 0.150 e. The van der Waals surface area contributed by atoms with Crippen LogP contribution in [0, 0.1) is 11.3 Å². The van der Waals surface area contributed by atoms with Gasteiger partial charge in [0, 0.05) is 27.4 Å². The van der Waals surface area contributed by atoms with Crippen molar-refractivity contribution < 1.29 is 9.13 Å². The molecule has 0 bridgehead atoms. The highest BCUT2D eigenvalue weighted by Crippen LogP contribution is 2.63. The van der Waals surface area contributed by atoms with Crippen LogP contribution in [0.2, 0.25) is 0 Å². The molecular formula is C33H27NO2P2. The Morgan fingerprint density at radius 1 is 0.526 bits per heavy atom. The Hall–Kier alpha value is -3.95. The van der Waals surface area contributed by atoms with E-state index in [1.165, 1.54) is 0 Å².